The van der Waals surface area contributed by atoms with Crippen molar-refractivity contribution in [1.29, 1.82) is 0 Å². The van der Waals surface area contributed by atoms with Crippen LogP contribution in [0.1, 0.15) is 41.9 Å². The van der Waals surface area contributed by atoms with E-state index in [1.807, 2.05) is 14.0 Å². The summed E-state index contributed by atoms with van der Waals surface area (Å²) in [5.74, 6) is -0.115. The normalized spacial score (nSPS) is 23.7. The Labute approximate surface area is 107 Å². The Balaban J connectivity index is 1.86. The molecule has 2 N–H and O–H groups in total. The predicted octanol–water partition coefficient (Wildman–Crippen LogP) is 1.05. The molecule has 1 aromatic rings. The van der Waals surface area contributed by atoms with Gasteiger partial charge in [0.15, 0.2) is 0 Å². The molecule has 18 heavy (non-hydrogen) atoms. The van der Waals surface area contributed by atoms with Crippen molar-refractivity contribution in [2.45, 2.75) is 44.7 Å². The first kappa shape index (κ1) is 13.0. The number of rotatable bonds is 3. The molecule has 98 valence electrons. The third-order valence-electron chi connectivity index (χ3n) is 3.48. The van der Waals surface area contributed by atoms with Crippen LogP contribution in [0.25, 0.3) is 0 Å². The number of hydrogen-bond acceptors (Lipinski definition) is 4. The Bertz CT molecular complexity index is 396. The second-order valence-electron chi connectivity index (χ2n) is 4.85. The van der Waals surface area contributed by atoms with Gasteiger partial charge in [-0.3, -0.25) is 9.78 Å². The van der Waals surface area contributed by atoms with Gasteiger partial charge in [-0.15, -0.1) is 0 Å². The fraction of sp³-hybridized carbons (Fsp3) is 0.615. The monoisotopic (exact) mass is 248 g/mol. The summed E-state index contributed by atoms with van der Waals surface area (Å²) in [6, 6.07) is 0.863. The van der Waals surface area contributed by atoms with Gasteiger partial charge in [0.1, 0.15) is 5.69 Å². The summed E-state index contributed by atoms with van der Waals surface area (Å²) in [7, 11) is 1.99. The van der Waals surface area contributed by atoms with Crippen LogP contribution < -0.4 is 10.6 Å². The fourth-order valence-electron chi connectivity index (χ4n) is 2.30. The maximum absolute atomic E-state index is 11.9. The van der Waals surface area contributed by atoms with Crippen LogP contribution in [0.2, 0.25) is 0 Å². The van der Waals surface area contributed by atoms with E-state index in [2.05, 4.69) is 20.6 Å². The first-order chi connectivity index (χ1) is 8.69. The van der Waals surface area contributed by atoms with Crippen molar-refractivity contribution in [3.63, 3.8) is 0 Å². The van der Waals surface area contributed by atoms with Gasteiger partial charge in [0.05, 0.1) is 11.9 Å². The third-order valence-corrected chi connectivity index (χ3v) is 3.48. The highest BCUT2D eigenvalue weighted by Gasteiger charge is 2.22. The van der Waals surface area contributed by atoms with Gasteiger partial charge < -0.3 is 10.6 Å². The minimum absolute atomic E-state index is 0.115. The van der Waals surface area contributed by atoms with Crippen molar-refractivity contribution >= 4 is 5.91 Å². The molecule has 0 bridgehead atoms. The average molecular weight is 248 g/mol. The molecule has 1 fully saturated rings. The molecule has 5 nitrogen and oxygen atoms in total. The number of hydrogen-bond donors (Lipinski definition) is 2. The van der Waals surface area contributed by atoms with E-state index in [0.29, 0.717) is 11.7 Å². The minimum atomic E-state index is -0.115. The number of carbonyl (C=O) groups excluding carboxylic acids is 1. The first-order valence-corrected chi connectivity index (χ1v) is 6.46. The van der Waals surface area contributed by atoms with Gasteiger partial charge in [-0.2, -0.15) is 0 Å². The number of carbonyl (C=O) groups is 1. The largest absolute Gasteiger partial charge is 0.348 e. The molecule has 0 aliphatic heterocycles. The maximum atomic E-state index is 11.9. The topological polar surface area (TPSA) is 66.9 Å². The highest BCUT2D eigenvalue weighted by molar-refractivity contribution is 5.92. The number of nitrogens with one attached hydrogen (secondary N) is 2. The molecule has 5 heteroatoms. The Morgan fingerprint density at radius 2 is 1.83 bits per heavy atom. The van der Waals surface area contributed by atoms with E-state index in [4.69, 9.17) is 0 Å². The Morgan fingerprint density at radius 1 is 1.17 bits per heavy atom. The molecule has 1 aromatic heterocycles. The molecule has 0 spiro atoms. The summed E-state index contributed by atoms with van der Waals surface area (Å²) in [5, 5.41) is 6.31. The predicted molar refractivity (Wildman–Crippen MR) is 69.3 cm³/mol. The summed E-state index contributed by atoms with van der Waals surface area (Å²) in [6.45, 7) is 1.85. The zero-order valence-electron chi connectivity index (χ0n) is 10.9. The number of aromatic nitrogens is 2. The Morgan fingerprint density at radius 3 is 2.39 bits per heavy atom. The van der Waals surface area contributed by atoms with Crippen molar-refractivity contribution in [3.05, 3.63) is 23.8 Å². The molecule has 1 aliphatic carbocycles. The van der Waals surface area contributed by atoms with E-state index in [-0.39, 0.29) is 11.9 Å². The SMILES string of the molecule is CNC1CCC(NC(=O)c2cnc(C)cn2)CC1. The van der Waals surface area contributed by atoms with Crippen LogP contribution in [0.15, 0.2) is 12.4 Å². The van der Waals surface area contributed by atoms with E-state index < -0.39 is 0 Å². The van der Waals surface area contributed by atoms with Crippen molar-refractivity contribution in [3.8, 4) is 0 Å². The lowest BCUT2D eigenvalue weighted by Crippen LogP contribution is -2.41. The summed E-state index contributed by atoms with van der Waals surface area (Å²) in [6.07, 6.45) is 7.42. The van der Waals surface area contributed by atoms with Gasteiger partial charge in [-0.25, -0.2) is 4.98 Å². The van der Waals surface area contributed by atoms with Crippen LogP contribution in [0.3, 0.4) is 0 Å². The highest BCUT2D eigenvalue weighted by atomic mass is 16.1. The standard InChI is InChI=1S/C13H20N4O/c1-9-7-16-12(8-15-9)13(18)17-11-5-3-10(14-2)4-6-11/h7-8,10-11,14H,3-6H2,1-2H3,(H,17,18). The van der Waals surface area contributed by atoms with Crippen LogP contribution in [0.4, 0.5) is 0 Å². The van der Waals surface area contributed by atoms with Crippen LogP contribution in [0.5, 0.6) is 0 Å². The first-order valence-electron chi connectivity index (χ1n) is 6.46. The summed E-state index contributed by atoms with van der Waals surface area (Å²) in [5.41, 5.74) is 1.22. The van der Waals surface area contributed by atoms with Gasteiger partial charge in [0.25, 0.3) is 5.91 Å². The van der Waals surface area contributed by atoms with Crippen LogP contribution >= 0.6 is 0 Å². The second-order valence-corrected chi connectivity index (χ2v) is 4.85. The van der Waals surface area contributed by atoms with Gasteiger partial charge in [0, 0.05) is 18.3 Å². The second kappa shape index (κ2) is 5.91. The number of amides is 1. The Kier molecular flexibility index (Phi) is 4.25. The van der Waals surface area contributed by atoms with E-state index in [0.717, 1.165) is 31.4 Å². The van der Waals surface area contributed by atoms with E-state index >= 15 is 0 Å². The fourth-order valence-corrected chi connectivity index (χ4v) is 2.30. The van der Waals surface area contributed by atoms with E-state index in [1.54, 1.807) is 6.20 Å². The van der Waals surface area contributed by atoms with Gasteiger partial charge >= 0.3 is 0 Å². The van der Waals surface area contributed by atoms with Gasteiger partial charge in [0.2, 0.25) is 0 Å². The zero-order chi connectivity index (χ0) is 13.0. The molecule has 1 saturated carbocycles. The molecule has 0 unspecified atom stereocenters. The quantitative estimate of drug-likeness (QED) is 0.839. The smallest absolute Gasteiger partial charge is 0.271 e. The molecule has 1 amide bonds. The molecule has 0 atom stereocenters. The van der Waals surface area contributed by atoms with Crippen LogP contribution in [-0.2, 0) is 0 Å². The minimum Gasteiger partial charge on any atom is -0.348 e. The van der Waals surface area contributed by atoms with E-state index in [9.17, 15) is 4.79 Å². The summed E-state index contributed by atoms with van der Waals surface area (Å²) in [4.78, 5) is 20.1. The Hall–Kier alpha value is -1.49. The van der Waals surface area contributed by atoms with E-state index in [1.165, 1.54) is 6.20 Å². The lowest BCUT2D eigenvalue weighted by Gasteiger charge is -2.28. The van der Waals surface area contributed by atoms with Gasteiger partial charge in [-0.1, -0.05) is 0 Å². The average Bonchev–Trinajstić information content (AvgIpc) is 2.40. The summed E-state index contributed by atoms with van der Waals surface area (Å²) < 4.78 is 0. The number of nitrogens with zero attached hydrogens (tertiary/aromatic N) is 2. The summed E-state index contributed by atoms with van der Waals surface area (Å²) >= 11 is 0. The molecule has 2 rings (SSSR count). The maximum Gasteiger partial charge on any atom is 0.271 e. The molecular weight excluding hydrogens is 228 g/mol. The molecule has 1 heterocycles. The van der Waals surface area contributed by atoms with Gasteiger partial charge in [-0.05, 0) is 39.7 Å². The van der Waals surface area contributed by atoms with Crippen molar-refractivity contribution < 1.29 is 4.79 Å². The molecule has 0 saturated heterocycles. The third kappa shape index (κ3) is 3.26. The van der Waals surface area contributed by atoms with Crippen LogP contribution in [-0.4, -0.2) is 35.0 Å². The van der Waals surface area contributed by atoms with Crippen molar-refractivity contribution in [2.24, 2.45) is 0 Å². The molecule has 0 aromatic carbocycles. The zero-order valence-corrected chi connectivity index (χ0v) is 10.9. The molecule has 1 aliphatic rings. The number of aryl methyl sites for hydroxylation is 1. The lowest BCUT2D eigenvalue weighted by atomic mass is 9.91. The molecular formula is C13H20N4O. The molecule has 0 radical (unpaired) electrons. The van der Waals surface area contributed by atoms with Crippen LogP contribution in [0, 0.1) is 6.92 Å². The lowest BCUT2D eigenvalue weighted by molar-refractivity contribution is 0.0919. The van der Waals surface area contributed by atoms with Crippen molar-refractivity contribution in [1.82, 2.24) is 20.6 Å². The highest BCUT2D eigenvalue weighted by Crippen LogP contribution is 2.18. The van der Waals surface area contributed by atoms with Crippen molar-refractivity contribution in [2.75, 3.05) is 7.05 Å².